The number of nitrogens with zero attached hydrogens (tertiary/aromatic N) is 2. The lowest BCUT2D eigenvalue weighted by Crippen LogP contribution is -2.00. The number of para-hydroxylation sites is 2. The second-order valence-electron chi connectivity index (χ2n) is 5.89. The molecule has 0 bridgehead atoms. The largest absolute Gasteiger partial charge is 0.398 e. The van der Waals surface area contributed by atoms with Gasteiger partial charge in [-0.3, -0.25) is 0 Å². The maximum Gasteiger partial charge on any atom is 0.0967 e. The van der Waals surface area contributed by atoms with Crippen molar-refractivity contribution in [2.24, 2.45) is 5.73 Å². The quantitative estimate of drug-likeness (QED) is 0.533. The number of fused-ring (bicyclic) bond motifs is 1. The van der Waals surface area contributed by atoms with E-state index in [-0.39, 0.29) is 0 Å². The molecule has 4 rings (SSSR count). The van der Waals surface area contributed by atoms with Crippen molar-refractivity contribution >= 4 is 34.4 Å². The first-order valence-corrected chi connectivity index (χ1v) is 8.64. The Kier molecular flexibility index (Phi) is 4.38. The molecule has 0 fully saturated rings. The molecule has 0 spiro atoms. The Morgan fingerprint density at radius 2 is 1.38 bits per heavy atom. The molecule has 4 heteroatoms. The van der Waals surface area contributed by atoms with Crippen LogP contribution in [0.5, 0.6) is 0 Å². The van der Waals surface area contributed by atoms with Crippen molar-refractivity contribution in [1.82, 2.24) is 9.97 Å². The Hall–Kier alpha value is -3.17. The summed E-state index contributed by atoms with van der Waals surface area (Å²) in [6.07, 6.45) is 1.84. The van der Waals surface area contributed by atoms with Crippen LogP contribution in [0, 0.1) is 0 Å². The first kappa shape index (κ1) is 16.3. The van der Waals surface area contributed by atoms with Crippen molar-refractivity contribution in [3.8, 4) is 11.3 Å². The topological polar surface area (TPSA) is 51.8 Å². The molecule has 0 aliphatic heterocycles. The normalized spacial score (nSPS) is 11.7. The Labute approximate surface area is 156 Å². The molecule has 126 valence electrons. The van der Waals surface area contributed by atoms with Gasteiger partial charge in [0.05, 0.1) is 22.4 Å². The number of halogens is 1. The van der Waals surface area contributed by atoms with E-state index in [4.69, 9.17) is 27.3 Å². The fraction of sp³-hybridized carbons (Fsp3) is 0. The molecule has 1 aromatic heterocycles. The monoisotopic (exact) mass is 357 g/mol. The average Bonchev–Trinajstić information content (AvgIpc) is 2.68. The van der Waals surface area contributed by atoms with Gasteiger partial charge in [-0.1, -0.05) is 72.3 Å². The average molecular weight is 358 g/mol. The predicted octanol–water partition coefficient (Wildman–Crippen LogP) is 5.41. The van der Waals surface area contributed by atoms with Gasteiger partial charge in [-0.2, -0.15) is 0 Å². The van der Waals surface area contributed by atoms with Crippen molar-refractivity contribution in [1.29, 1.82) is 0 Å². The first-order valence-electron chi connectivity index (χ1n) is 8.26. The highest BCUT2D eigenvalue weighted by atomic mass is 35.5. The molecule has 0 saturated carbocycles. The summed E-state index contributed by atoms with van der Waals surface area (Å²) in [5.74, 6) is 0. The van der Waals surface area contributed by atoms with Gasteiger partial charge in [-0.15, -0.1) is 0 Å². The molecule has 4 aromatic rings. The summed E-state index contributed by atoms with van der Waals surface area (Å²) in [6.45, 7) is 0. The molecule has 2 N–H and O–H groups in total. The van der Waals surface area contributed by atoms with Gasteiger partial charge in [-0.25, -0.2) is 9.97 Å². The van der Waals surface area contributed by atoms with Gasteiger partial charge in [0.2, 0.25) is 0 Å². The maximum atomic E-state index is 6.33. The van der Waals surface area contributed by atoms with E-state index in [1.54, 1.807) is 0 Å². The highest BCUT2D eigenvalue weighted by molar-refractivity contribution is 6.32. The van der Waals surface area contributed by atoms with Crippen LogP contribution in [0.4, 0.5) is 0 Å². The van der Waals surface area contributed by atoms with Crippen molar-refractivity contribution in [2.75, 3.05) is 0 Å². The van der Waals surface area contributed by atoms with Gasteiger partial charge < -0.3 is 5.73 Å². The molecular weight excluding hydrogens is 342 g/mol. The smallest absolute Gasteiger partial charge is 0.0967 e. The van der Waals surface area contributed by atoms with E-state index in [0.29, 0.717) is 16.4 Å². The van der Waals surface area contributed by atoms with Crippen LogP contribution in [-0.4, -0.2) is 9.97 Å². The third-order valence-electron chi connectivity index (χ3n) is 4.12. The van der Waals surface area contributed by atoms with Crippen LogP contribution in [0.25, 0.3) is 34.1 Å². The zero-order chi connectivity index (χ0) is 17.9. The highest BCUT2D eigenvalue weighted by Crippen LogP contribution is 2.27. The van der Waals surface area contributed by atoms with E-state index < -0.39 is 0 Å². The van der Waals surface area contributed by atoms with E-state index in [2.05, 4.69) is 0 Å². The SMILES string of the molecule is N/C(=C\c1nc2ccccc2nc1-c1ccccc1)c1ccccc1Cl. The molecule has 0 aliphatic rings. The molecule has 0 amide bonds. The van der Waals surface area contributed by atoms with Gasteiger partial charge >= 0.3 is 0 Å². The lowest BCUT2D eigenvalue weighted by atomic mass is 10.1. The summed E-state index contributed by atoms with van der Waals surface area (Å²) in [5, 5.41) is 0.608. The first-order chi connectivity index (χ1) is 12.7. The van der Waals surface area contributed by atoms with Gasteiger partial charge in [0.15, 0.2) is 0 Å². The summed E-state index contributed by atoms with van der Waals surface area (Å²) in [4.78, 5) is 9.60. The molecular formula is C22H16ClN3. The Bertz CT molecular complexity index is 1100. The van der Waals surface area contributed by atoms with Crippen LogP contribution in [0.15, 0.2) is 78.9 Å². The lowest BCUT2D eigenvalue weighted by molar-refractivity contribution is 1.26. The second-order valence-corrected chi connectivity index (χ2v) is 6.30. The zero-order valence-corrected chi connectivity index (χ0v) is 14.7. The number of hydrogen-bond acceptors (Lipinski definition) is 3. The molecule has 3 nitrogen and oxygen atoms in total. The highest BCUT2D eigenvalue weighted by Gasteiger charge is 2.11. The zero-order valence-electron chi connectivity index (χ0n) is 13.9. The lowest BCUT2D eigenvalue weighted by Gasteiger charge is -2.09. The van der Waals surface area contributed by atoms with Gasteiger partial charge in [0, 0.05) is 21.8 Å². The minimum atomic E-state index is 0.553. The van der Waals surface area contributed by atoms with Crippen LogP contribution in [0.2, 0.25) is 5.02 Å². The summed E-state index contributed by atoms with van der Waals surface area (Å²) in [6, 6.07) is 25.3. The van der Waals surface area contributed by atoms with Gasteiger partial charge in [-0.05, 0) is 24.3 Å². The second kappa shape index (κ2) is 6.98. The van der Waals surface area contributed by atoms with Crippen LogP contribution in [0.1, 0.15) is 11.3 Å². The van der Waals surface area contributed by atoms with Crippen molar-refractivity contribution in [3.05, 3.63) is 95.1 Å². The van der Waals surface area contributed by atoms with E-state index in [0.717, 1.165) is 27.9 Å². The molecule has 0 radical (unpaired) electrons. The molecule has 1 heterocycles. The van der Waals surface area contributed by atoms with Crippen molar-refractivity contribution in [3.63, 3.8) is 0 Å². The third-order valence-corrected chi connectivity index (χ3v) is 4.45. The number of nitrogens with two attached hydrogens (primary N) is 1. The van der Waals surface area contributed by atoms with Crippen LogP contribution in [-0.2, 0) is 0 Å². The third kappa shape index (κ3) is 3.17. The minimum absolute atomic E-state index is 0.553. The van der Waals surface area contributed by atoms with Crippen molar-refractivity contribution in [2.45, 2.75) is 0 Å². The van der Waals surface area contributed by atoms with Crippen LogP contribution >= 0.6 is 11.6 Å². The Morgan fingerprint density at radius 1 is 0.769 bits per heavy atom. The van der Waals surface area contributed by atoms with E-state index in [1.807, 2.05) is 84.9 Å². The fourth-order valence-electron chi connectivity index (χ4n) is 2.84. The maximum absolute atomic E-state index is 6.33. The molecule has 0 saturated heterocycles. The molecule has 3 aromatic carbocycles. The van der Waals surface area contributed by atoms with E-state index in [9.17, 15) is 0 Å². The Morgan fingerprint density at radius 3 is 2.12 bits per heavy atom. The molecule has 0 atom stereocenters. The fourth-order valence-corrected chi connectivity index (χ4v) is 3.09. The number of hydrogen-bond donors (Lipinski definition) is 1. The van der Waals surface area contributed by atoms with Gasteiger partial charge in [0.25, 0.3) is 0 Å². The molecule has 0 unspecified atom stereocenters. The predicted molar refractivity (Wildman–Crippen MR) is 108 cm³/mol. The number of benzene rings is 3. The summed E-state index contributed by atoms with van der Waals surface area (Å²) >= 11 is 6.28. The number of aromatic nitrogens is 2. The van der Waals surface area contributed by atoms with E-state index in [1.165, 1.54) is 0 Å². The molecule has 26 heavy (non-hydrogen) atoms. The minimum Gasteiger partial charge on any atom is -0.398 e. The van der Waals surface area contributed by atoms with Crippen LogP contribution < -0.4 is 5.73 Å². The standard InChI is InChI=1S/C22H16ClN3/c23-17-11-5-4-10-16(17)18(24)14-21-22(15-8-2-1-3-9-15)26-20-13-7-6-12-19(20)25-21/h1-14H,24H2/b18-14-. The van der Waals surface area contributed by atoms with Crippen molar-refractivity contribution < 1.29 is 0 Å². The number of rotatable bonds is 3. The summed E-state index contributed by atoms with van der Waals surface area (Å²) in [5.41, 5.74) is 11.8. The Balaban J connectivity index is 1.93. The van der Waals surface area contributed by atoms with E-state index >= 15 is 0 Å². The summed E-state index contributed by atoms with van der Waals surface area (Å²) < 4.78 is 0. The van der Waals surface area contributed by atoms with Crippen LogP contribution in [0.3, 0.4) is 0 Å². The molecule has 0 aliphatic carbocycles. The van der Waals surface area contributed by atoms with Gasteiger partial charge in [0.1, 0.15) is 0 Å². The summed E-state index contributed by atoms with van der Waals surface area (Å²) in [7, 11) is 0.